The molecule has 0 radical (unpaired) electrons. The minimum absolute atomic E-state index is 0.00104. The number of likely N-dealkylation sites (tertiary alicyclic amines) is 1. The number of amides is 6. The van der Waals surface area contributed by atoms with Gasteiger partial charge in [0.1, 0.15) is 23.2 Å². The number of carbonyl (C=O) groups is 6. The van der Waals surface area contributed by atoms with Crippen molar-refractivity contribution in [2.24, 2.45) is 0 Å². The van der Waals surface area contributed by atoms with Crippen molar-refractivity contribution < 1.29 is 37.9 Å². The number of benzene rings is 2. The topological polar surface area (TPSA) is 179 Å². The van der Waals surface area contributed by atoms with Crippen LogP contribution in [0.2, 0.25) is 0 Å². The zero-order valence-electron chi connectivity index (χ0n) is 30.7. The van der Waals surface area contributed by atoms with Gasteiger partial charge in [-0.3, -0.25) is 43.9 Å². The maximum absolute atomic E-state index is 15.4. The number of rotatable bonds is 8. The second-order valence-corrected chi connectivity index (χ2v) is 15.1. The minimum Gasteiger partial charge on any atom is -0.489 e. The lowest BCUT2D eigenvalue weighted by molar-refractivity contribution is -0.136. The Morgan fingerprint density at radius 1 is 0.946 bits per heavy atom. The van der Waals surface area contributed by atoms with Crippen molar-refractivity contribution >= 4 is 52.5 Å². The molecule has 56 heavy (non-hydrogen) atoms. The van der Waals surface area contributed by atoms with Gasteiger partial charge in [0.05, 0.1) is 34.8 Å². The predicted octanol–water partition coefficient (Wildman–Crippen LogP) is 2.62. The molecule has 5 aliphatic rings. The molecular weight excluding hydrogens is 725 g/mol. The second-order valence-electron chi connectivity index (χ2n) is 15.1. The van der Waals surface area contributed by atoms with Crippen LogP contribution in [0.25, 0.3) is 5.65 Å². The minimum atomic E-state index is -1.12. The van der Waals surface area contributed by atoms with Crippen LogP contribution < -0.4 is 20.3 Å². The Hall–Kier alpha value is -6.23. The highest BCUT2D eigenvalue weighted by molar-refractivity contribution is 6.23. The quantitative estimate of drug-likeness (QED) is 0.252. The fourth-order valence-electron chi connectivity index (χ4n) is 8.45. The maximum atomic E-state index is 15.4. The van der Waals surface area contributed by atoms with Crippen LogP contribution in [-0.4, -0.2) is 115 Å². The summed E-state index contributed by atoms with van der Waals surface area (Å²) in [6.45, 7) is 6.67. The van der Waals surface area contributed by atoms with Crippen LogP contribution >= 0.6 is 0 Å². The van der Waals surface area contributed by atoms with Gasteiger partial charge in [-0.25, -0.2) is 13.9 Å². The van der Waals surface area contributed by atoms with Crippen molar-refractivity contribution in [3.63, 3.8) is 0 Å². The molecule has 9 rings (SSSR count). The Morgan fingerprint density at radius 3 is 2.43 bits per heavy atom. The predicted molar refractivity (Wildman–Crippen MR) is 197 cm³/mol. The Morgan fingerprint density at radius 2 is 1.70 bits per heavy atom. The first kappa shape index (κ1) is 35.5. The van der Waals surface area contributed by atoms with Crippen LogP contribution in [-0.2, 0) is 16.1 Å². The van der Waals surface area contributed by atoms with Crippen molar-refractivity contribution in [3.8, 4) is 5.75 Å². The van der Waals surface area contributed by atoms with Gasteiger partial charge < -0.3 is 19.9 Å². The summed E-state index contributed by atoms with van der Waals surface area (Å²) in [6.07, 6.45) is 6.07. The van der Waals surface area contributed by atoms with E-state index >= 15 is 4.39 Å². The molecule has 2 aromatic carbocycles. The smallest absolute Gasteiger partial charge is 0.262 e. The molecule has 17 heteroatoms. The normalized spacial score (nSPS) is 20.5. The summed E-state index contributed by atoms with van der Waals surface area (Å²) < 4.78 is 23.0. The third kappa shape index (κ3) is 5.93. The van der Waals surface area contributed by atoms with Crippen LogP contribution in [0.1, 0.15) is 86.5 Å². The van der Waals surface area contributed by atoms with Gasteiger partial charge in [0.2, 0.25) is 11.8 Å². The number of hydrogen-bond acceptors (Lipinski definition) is 11. The molecule has 3 fully saturated rings. The number of nitrogens with one attached hydrogen (secondary N) is 2. The van der Waals surface area contributed by atoms with E-state index < -0.39 is 41.4 Å². The number of halogens is 1. The zero-order chi connectivity index (χ0) is 39.0. The summed E-state index contributed by atoms with van der Waals surface area (Å²) in [5, 5.41) is 9.33. The molecule has 5 aliphatic heterocycles. The molecule has 3 saturated heterocycles. The molecule has 2 aromatic heterocycles. The molecule has 0 bridgehead atoms. The summed E-state index contributed by atoms with van der Waals surface area (Å²) in [4.78, 5) is 88.8. The molecule has 1 unspecified atom stereocenters. The Kier molecular flexibility index (Phi) is 8.56. The standard InChI is InChI=1S/C39H38FN9O7/c1-20(2)56-32-15-24-21(12-29(32)43-35(51)27-16-42-48-9-3-8-41-34(27)48)17-47(37(24)53)22-6-10-45(11-7-22)23-18-46(19-23)31-14-26-25(13-28(31)40)38(54)49(39(26)55)30-4-5-33(50)44-36(30)52/h3,8-9,12-16,20,22-23,30H,4-7,10-11,17-19H2,1-2H3,(H,43,51)(H,44,50,52). The highest BCUT2D eigenvalue weighted by Crippen LogP contribution is 2.38. The summed E-state index contributed by atoms with van der Waals surface area (Å²) in [6, 6.07) is 6.73. The van der Waals surface area contributed by atoms with E-state index in [9.17, 15) is 28.8 Å². The van der Waals surface area contributed by atoms with Gasteiger partial charge in [0.25, 0.3) is 23.6 Å². The van der Waals surface area contributed by atoms with Gasteiger partial charge in [0, 0.05) is 69.2 Å². The highest BCUT2D eigenvalue weighted by Gasteiger charge is 2.46. The molecule has 4 aromatic rings. The number of aromatic nitrogens is 3. The van der Waals surface area contributed by atoms with Gasteiger partial charge in [-0.15, -0.1) is 0 Å². The SMILES string of the molecule is CC(C)Oc1cc2c(cc1NC(=O)c1cnn3cccnc13)CN(C1CCN(C3CN(c4cc5c(cc4F)C(=O)N(C4CCC(=O)NC4=O)C5=O)C3)CC1)C2=O. The monoisotopic (exact) mass is 763 g/mol. The molecule has 6 amide bonds. The fraction of sp³-hybridized carbons (Fsp3) is 0.385. The van der Waals surface area contributed by atoms with E-state index in [2.05, 4.69) is 25.6 Å². The number of nitrogens with zero attached hydrogens (tertiary/aromatic N) is 7. The van der Waals surface area contributed by atoms with Crippen molar-refractivity contribution in [3.05, 3.63) is 82.6 Å². The van der Waals surface area contributed by atoms with Gasteiger partial charge in [-0.1, -0.05) is 0 Å². The summed E-state index contributed by atoms with van der Waals surface area (Å²) in [7, 11) is 0. The van der Waals surface area contributed by atoms with E-state index in [0.29, 0.717) is 47.8 Å². The van der Waals surface area contributed by atoms with E-state index in [1.807, 2.05) is 29.7 Å². The molecule has 288 valence electrons. The summed E-state index contributed by atoms with van der Waals surface area (Å²) in [5.74, 6) is -3.31. The fourth-order valence-corrected chi connectivity index (χ4v) is 8.45. The molecule has 0 aliphatic carbocycles. The zero-order valence-corrected chi connectivity index (χ0v) is 30.7. The van der Waals surface area contributed by atoms with E-state index in [-0.39, 0.29) is 53.8 Å². The molecule has 16 nitrogen and oxygen atoms in total. The van der Waals surface area contributed by atoms with E-state index in [4.69, 9.17) is 4.74 Å². The Labute approximate surface area is 319 Å². The average molecular weight is 764 g/mol. The average Bonchev–Trinajstić information content (AvgIpc) is 3.80. The third-order valence-corrected chi connectivity index (χ3v) is 11.3. The van der Waals surface area contributed by atoms with Crippen molar-refractivity contribution in [2.45, 2.75) is 70.3 Å². The number of ether oxygens (including phenoxy) is 1. The summed E-state index contributed by atoms with van der Waals surface area (Å²) in [5.41, 5.74) is 2.70. The molecule has 2 N–H and O–H groups in total. The maximum Gasteiger partial charge on any atom is 0.262 e. The highest BCUT2D eigenvalue weighted by atomic mass is 19.1. The molecule has 0 saturated carbocycles. The van der Waals surface area contributed by atoms with Crippen LogP contribution in [0.3, 0.4) is 0 Å². The lowest BCUT2D eigenvalue weighted by atomic mass is 9.97. The number of piperidine rings is 2. The van der Waals surface area contributed by atoms with Crippen LogP contribution in [0, 0.1) is 5.82 Å². The molecule has 1 atom stereocenters. The first-order valence-corrected chi connectivity index (χ1v) is 18.7. The van der Waals surface area contributed by atoms with Crippen LogP contribution in [0.4, 0.5) is 15.8 Å². The Balaban J connectivity index is 0.831. The lowest BCUT2D eigenvalue weighted by Crippen LogP contribution is -2.62. The van der Waals surface area contributed by atoms with Crippen molar-refractivity contribution in [1.29, 1.82) is 0 Å². The third-order valence-electron chi connectivity index (χ3n) is 11.3. The Bertz CT molecular complexity index is 2370. The number of carbonyl (C=O) groups excluding carboxylic acids is 6. The first-order chi connectivity index (χ1) is 26.9. The van der Waals surface area contributed by atoms with E-state index in [0.717, 1.165) is 42.5 Å². The number of hydrogen-bond donors (Lipinski definition) is 2. The van der Waals surface area contributed by atoms with Gasteiger partial charge in [0.15, 0.2) is 5.65 Å². The lowest BCUT2D eigenvalue weighted by Gasteiger charge is -2.49. The van der Waals surface area contributed by atoms with E-state index in [1.54, 1.807) is 24.5 Å². The number of imide groups is 2. The molecule has 0 spiro atoms. The van der Waals surface area contributed by atoms with Crippen molar-refractivity contribution in [2.75, 3.05) is 36.4 Å². The molecule has 7 heterocycles. The number of fused-ring (bicyclic) bond motifs is 3. The van der Waals surface area contributed by atoms with Crippen LogP contribution in [0.5, 0.6) is 5.75 Å². The second kappa shape index (κ2) is 13.5. The largest absolute Gasteiger partial charge is 0.489 e. The first-order valence-electron chi connectivity index (χ1n) is 18.7. The molecular formula is C39H38FN9O7. The summed E-state index contributed by atoms with van der Waals surface area (Å²) >= 11 is 0. The van der Waals surface area contributed by atoms with Gasteiger partial charge in [-0.05, 0) is 69.0 Å². The van der Waals surface area contributed by atoms with Crippen molar-refractivity contribution in [1.82, 2.24) is 34.6 Å². The van der Waals surface area contributed by atoms with Crippen LogP contribution in [0.15, 0.2) is 48.9 Å². The van der Waals surface area contributed by atoms with E-state index in [1.165, 1.54) is 16.8 Å². The van der Waals surface area contributed by atoms with Gasteiger partial charge in [-0.2, -0.15) is 5.10 Å². The van der Waals surface area contributed by atoms with Gasteiger partial charge >= 0.3 is 0 Å². The number of anilines is 2.